The third kappa shape index (κ3) is 13.9. The Kier molecular flexibility index (Phi) is 15.9. The molecule has 3 rings (SSSR count). The Hall–Kier alpha value is -2.51. The molecule has 0 saturated carbocycles. The van der Waals surface area contributed by atoms with Gasteiger partial charge in [-0.15, -0.1) is 12.0 Å². The molecular weight excluding hydrogens is 623 g/mol. The zero-order chi connectivity index (χ0) is 29.4. The minimum atomic E-state index is -1.33. The van der Waals surface area contributed by atoms with Crippen LogP contribution in [-0.2, 0) is 0 Å². The van der Waals surface area contributed by atoms with Crippen molar-refractivity contribution in [2.45, 2.75) is 38.0 Å². The van der Waals surface area contributed by atoms with E-state index in [1.165, 1.54) is 0 Å². The molecule has 3 aromatic carbocycles. The number of hydrogen-bond donors (Lipinski definition) is 6. The summed E-state index contributed by atoms with van der Waals surface area (Å²) in [6, 6.07) is 21.6. The lowest BCUT2D eigenvalue weighted by molar-refractivity contribution is 0.0956. The minimum Gasteiger partial charge on any atom is -0.393 e. The molecule has 0 unspecified atom stereocenters. The number of terminal acetylenes is 1. The molecule has 3 aromatic rings. The van der Waals surface area contributed by atoms with Gasteiger partial charge in [-0.25, -0.2) is 0 Å². The first-order chi connectivity index (χ1) is 18.4. The van der Waals surface area contributed by atoms with Gasteiger partial charge < -0.3 is 30.6 Å². The molecular formula is C31H37IO6Si. The van der Waals surface area contributed by atoms with Crippen molar-refractivity contribution in [1.82, 2.24) is 0 Å². The lowest BCUT2D eigenvalue weighted by Crippen LogP contribution is -2.16. The summed E-state index contributed by atoms with van der Waals surface area (Å²) in [5.41, 5.74) is 7.16. The molecule has 0 heterocycles. The zero-order valence-corrected chi connectivity index (χ0v) is 25.6. The second kappa shape index (κ2) is 18.0. The van der Waals surface area contributed by atoms with Gasteiger partial charge in [0, 0.05) is 14.7 Å². The molecule has 0 amide bonds. The maximum atomic E-state index is 9.40. The molecule has 6 N–H and O–H groups in total. The van der Waals surface area contributed by atoms with Crippen molar-refractivity contribution in [3.63, 3.8) is 0 Å². The number of benzene rings is 3. The average molecular weight is 661 g/mol. The van der Waals surface area contributed by atoms with Crippen molar-refractivity contribution in [2.75, 3.05) is 19.8 Å². The largest absolute Gasteiger partial charge is 0.393 e. The SMILES string of the molecule is C#Cc1ccc([C@H](O)CO)cc1.C[Si](C)(C)C#Cc1ccc([C@H](O)CO)cc1.OC[C@@H](O)c1ccc(I)cc1. The highest BCUT2D eigenvalue weighted by Crippen LogP contribution is 2.15. The first-order valence-corrected chi connectivity index (χ1v) is 16.8. The quantitative estimate of drug-likeness (QED) is 0.135. The Labute approximate surface area is 246 Å². The lowest BCUT2D eigenvalue weighted by atomic mass is 10.1. The normalized spacial score (nSPS) is 12.6. The van der Waals surface area contributed by atoms with Gasteiger partial charge in [0.15, 0.2) is 0 Å². The van der Waals surface area contributed by atoms with Gasteiger partial charge in [0.25, 0.3) is 0 Å². The maximum absolute atomic E-state index is 9.40. The molecule has 0 radical (unpaired) electrons. The minimum absolute atomic E-state index is 0.222. The second-order valence-corrected chi connectivity index (χ2v) is 15.5. The molecule has 0 aliphatic rings. The van der Waals surface area contributed by atoms with E-state index in [9.17, 15) is 10.2 Å². The standard InChI is InChI=1S/C13H18O2Si.C10H10O2.C8H9IO2/c1-16(2,3)9-8-11-4-6-12(7-5-11)13(15)10-14;1-2-8-3-5-9(6-4-8)10(12)7-11;9-7-3-1-6(2-4-7)8(11)5-10/h4-7,13-15H,10H2,1-3H3;1,3-6,10-12H,7H2;1-4,8,10-11H,5H2/t13-;10-;8-/m111/s1. The summed E-state index contributed by atoms with van der Waals surface area (Å²) in [6.07, 6.45) is 2.80. The molecule has 39 heavy (non-hydrogen) atoms. The fraction of sp³-hybridized carbons (Fsp3) is 0.290. The van der Waals surface area contributed by atoms with Crippen LogP contribution in [0.2, 0.25) is 19.6 Å². The predicted molar refractivity (Wildman–Crippen MR) is 166 cm³/mol. The van der Waals surface area contributed by atoms with E-state index in [-0.39, 0.29) is 19.8 Å². The number of aliphatic hydroxyl groups is 6. The van der Waals surface area contributed by atoms with Crippen LogP contribution < -0.4 is 0 Å². The fourth-order valence-electron chi connectivity index (χ4n) is 2.85. The van der Waals surface area contributed by atoms with Crippen LogP contribution in [0.5, 0.6) is 0 Å². The van der Waals surface area contributed by atoms with Crippen LogP contribution in [-0.4, -0.2) is 58.5 Å². The van der Waals surface area contributed by atoms with Crippen molar-refractivity contribution < 1.29 is 30.6 Å². The van der Waals surface area contributed by atoms with Crippen molar-refractivity contribution >= 4 is 30.7 Å². The van der Waals surface area contributed by atoms with Crippen molar-refractivity contribution in [2.24, 2.45) is 0 Å². The van der Waals surface area contributed by atoms with Crippen molar-refractivity contribution in [3.05, 3.63) is 104 Å². The molecule has 6 nitrogen and oxygen atoms in total. The van der Waals surface area contributed by atoms with E-state index >= 15 is 0 Å². The Balaban J connectivity index is 0.000000299. The Morgan fingerprint density at radius 1 is 0.641 bits per heavy atom. The molecule has 0 spiro atoms. The number of rotatable bonds is 6. The summed E-state index contributed by atoms with van der Waals surface area (Å²) in [5, 5.41) is 53.8. The van der Waals surface area contributed by atoms with E-state index in [1.807, 2.05) is 36.4 Å². The first kappa shape index (κ1) is 34.5. The van der Waals surface area contributed by atoms with Gasteiger partial charge in [0.05, 0.1) is 19.8 Å². The maximum Gasteiger partial charge on any atom is 0.129 e. The number of hydrogen-bond acceptors (Lipinski definition) is 6. The van der Waals surface area contributed by atoms with E-state index in [0.717, 1.165) is 25.8 Å². The van der Waals surface area contributed by atoms with Gasteiger partial charge in [-0.2, -0.15) is 0 Å². The van der Waals surface area contributed by atoms with Crippen LogP contribution in [0.1, 0.15) is 46.1 Å². The smallest absolute Gasteiger partial charge is 0.129 e. The third-order valence-electron chi connectivity index (χ3n) is 5.11. The first-order valence-electron chi connectivity index (χ1n) is 12.3. The van der Waals surface area contributed by atoms with Crippen LogP contribution in [0.15, 0.2) is 72.8 Å². The molecule has 0 aliphatic heterocycles. The van der Waals surface area contributed by atoms with E-state index in [4.69, 9.17) is 26.8 Å². The van der Waals surface area contributed by atoms with Crippen molar-refractivity contribution in [3.8, 4) is 23.8 Å². The topological polar surface area (TPSA) is 121 Å². The Bertz CT molecular complexity index is 1200. The van der Waals surface area contributed by atoms with Gasteiger partial charge in [0.2, 0.25) is 0 Å². The number of halogens is 1. The monoisotopic (exact) mass is 660 g/mol. The summed E-state index contributed by atoms with van der Waals surface area (Å²) in [6.45, 7) is 5.85. The highest BCUT2D eigenvalue weighted by atomic mass is 127. The van der Waals surface area contributed by atoms with Crippen LogP contribution >= 0.6 is 22.6 Å². The Morgan fingerprint density at radius 3 is 1.28 bits per heavy atom. The third-order valence-corrected chi connectivity index (χ3v) is 6.71. The van der Waals surface area contributed by atoms with Gasteiger partial charge in [0.1, 0.15) is 26.4 Å². The molecule has 8 heteroatoms. The van der Waals surface area contributed by atoms with Crippen LogP contribution in [0.3, 0.4) is 0 Å². The fourth-order valence-corrected chi connectivity index (χ4v) is 3.73. The van der Waals surface area contributed by atoms with Crippen LogP contribution in [0.25, 0.3) is 0 Å². The van der Waals surface area contributed by atoms with E-state index < -0.39 is 26.4 Å². The molecule has 0 aromatic heterocycles. The summed E-state index contributed by atoms with van der Waals surface area (Å²) in [4.78, 5) is 0. The average Bonchev–Trinajstić information content (AvgIpc) is 2.95. The molecule has 208 valence electrons. The molecule has 3 atom stereocenters. The summed E-state index contributed by atoms with van der Waals surface area (Å²) >= 11 is 2.19. The highest BCUT2D eigenvalue weighted by Gasteiger charge is 2.08. The Morgan fingerprint density at radius 2 is 0.974 bits per heavy atom. The summed E-state index contributed by atoms with van der Waals surface area (Å²) in [7, 11) is -1.33. The van der Waals surface area contributed by atoms with Crippen LogP contribution in [0.4, 0.5) is 0 Å². The predicted octanol–water partition coefficient (Wildman–Crippen LogP) is 3.95. The summed E-state index contributed by atoms with van der Waals surface area (Å²) < 4.78 is 1.12. The number of aliphatic hydroxyl groups excluding tert-OH is 6. The molecule has 0 saturated heterocycles. The van der Waals surface area contributed by atoms with Gasteiger partial charge in [-0.1, -0.05) is 67.9 Å². The van der Waals surface area contributed by atoms with E-state index in [2.05, 4.69) is 59.6 Å². The van der Waals surface area contributed by atoms with E-state index in [1.54, 1.807) is 36.4 Å². The second-order valence-electron chi connectivity index (χ2n) is 9.54. The van der Waals surface area contributed by atoms with Gasteiger partial charge in [-0.3, -0.25) is 0 Å². The molecule has 0 bridgehead atoms. The van der Waals surface area contributed by atoms with Crippen molar-refractivity contribution in [1.29, 1.82) is 0 Å². The van der Waals surface area contributed by atoms with E-state index in [0.29, 0.717) is 5.56 Å². The van der Waals surface area contributed by atoms with Gasteiger partial charge >= 0.3 is 0 Å². The zero-order valence-electron chi connectivity index (χ0n) is 22.4. The van der Waals surface area contributed by atoms with Crippen LogP contribution in [0, 0.1) is 27.4 Å². The van der Waals surface area contributed by atoms with Gasteiger partial charge in [-0.05, 0) is 75.7 Å². The molecule has 0 aliphatic carbocycles. The highest BCUT2D eigenvalue weighted by molar-refractivity contribution is 14.1. The summed E-state index contributed by atoms with van der Waals surface area (Å²) in [5.74, 6) is 5.60. The lowest BCUT2D eigenvalue weighted by Gasteiger charge is -2.07. The molecule has 0 fully saturated rings.